The molecule has 2 rings (SSSR count). The first-order chi connectivity index (χ1) is 9.34. The first kappa shape index (κ1) is 14.7. The number of anilines is 1. The molecular weight excluding hydrogens is 259 g/mol. The van der Waals surface area contributed by atoms with Gasteiger partial charge in [-0.3, -0.25) is 9.59 Å². The number of amides is 2. The van der Waals surface area contributed by atoms with E-state index >= 15 is 0 Å². The van der Waals surface area contributed by atoms with Crippen LogP contribution in [0.5, 0.6) is 0 Å². The van der Waals surface area contributed by atoms with Crippen molar-refractivity contribution in [1.29, 1.82) is 0 Å². The molecule has 1 N–H and O–H groups in total. The van der Waals surface area contributed by atoms with Gasteiger partial charge in [0.25, 0.3) is 5.91 Å². The topological polar surface area (TPSA) is 49.4 Å². The van der Waals surface area contributed by atoms with Crippen LogP contribution in [0, 0.1) is 5.82 Å². The minimum absolute atomic E-state index is 0.139. The molecule has 1 heterocycles. The van der Waals surface area contributed by atoms with Crippen LogP contribution in [0.1, 0.15) is 33.6 Å². The van der Waals surface area contributed by atoms with E-state index < -0.39 is 11.9 Å². The summed E-state index contributed by atoms with van der Waals surface area (Å²) in [4.78, 5) is 25.5. The average Bonchev–Trinajstić information content (AvgIpc) is 2.65. The molecule has 1 aliphatic rings. The van der Waals surface area contributed by atoms with Gasteiger partial charge in [-0.2, -0.15) is 0 Å². The highest BCUT2D eigenvalue weighted by Gasteiger charge is 2.41. The zero-order valence-electron chi connectivity index (χ0n) is 11.9. The molecule has 0 radical (unpaired) electrons. The van der Waals surface area contributed by atoms with E-state index in [1.54, 1.807) is 0 Å². The van der Waals surface area contributed by atoms with Gasteiger partial charge in [0.15, 0.2) is 0 Å². The largest absolute Gasteiger partial charge is 0.300 e. The predicted molar refractivity (Wildman–Crippen MR) is 74.8 cm³/mol. The number of rotatable bonds is 4. The maximum Gasteiger partial charge on any atom is 0.251 e. The molecule has 0 bridgehead atoms. The van der Waals surface area contributed by atoms with Crippen LogP contribution in [0.25, 0.3) is 0 Å². The predicted octanol–water partition coefficient (Wildman–Crippen LogP) is 2.24. The zero-order valence-corrected chi connectivity index (χ0v) is 11.9. The molecule has 108 valence electrons. The van der Waals surface area contributed by atoms with Gasteiger partial charge in [0.2, 0.25) is 5.91 Å². The Hall–Kier alpha value is -1.75. The molecule has 5 heteroatoms. The molecule has 4 nitrogen and oxygen atoms in total. The van der Waals surface area contributed by atoms with Gasteiger partial charge in [-0.15, -0.1) is 0 Å². The van der Waals surface area contributed by atoms with Crippen LogP contribution in [0.2, 0.25) is 0 Å². The molecule has 1 unspecified atom stereocenters. The average molecular weight is 278 g/mol. The normalized spacial score (nSPS) is 19.8. The van der Waals surface area contributed by atoms with Gasteiger partial charge in [0.1, 0.15) is 5.82 Å². The van der Waals surface area contributed by atoms with E-state index in [2.05, 4.69) is 5.32 Å². The monoisotopic (exact) mass is 278 g/mol. The molecule has 0 aliphatic carbocycles. The Labute approximate surface area is 118 Å². The van der Waals surface area contributed by atoms with E-state index in [0.717, 1.165) is 11.3 Å². The third-order valence-electron chi connectivity index (χ3n) is 3.68. The summed E-state index contributed by atoms with van der Waals surface area (Å²) in [6, 6.07) is 4.86. The van der Waals surface area contributed by atoms with E-state index in [1.807, 2.05) is 20.8 Å². The molecule has 0 aromatic heterocycles. The maximum atomic E-state index is 12.9. The lowest BCUT2D eigenvalue weighted by atomic mass is 10.00. The van der Waals surface area contributed by atoms with Crippen LogP contribution in [0.3, 0.4) is 0 Å². The first-order valence-electron chi connectivity index (χ1n) is 6.74. The smallest absolute Gasteiger partial charge is 0.251 e. The molecule has 0 saturated carbocycles. The van der Waals surface area contributed by atoms with Crippen LogP contribution in [-0.4, -0.2) is 23.4 Å². The lowest BCUT2D eigenvalue weighted by molar-refractivity contribution is -0.121. The summed E-state index contributed by atoms with van der Waals surface area (Å²) >= 11 is 0. The van der Waals surface area contributed by atoms with Crippen LogP contribution < -0.4 is 10.2 Å². The summed E-state index contributed by atoms with van der Waals surface area (Å²) < 4.78 is 12.9. The van der Waals surface area contributed by atoms with Crippen molar-refractivity contribution in [3.05, 3.63) is 30.1 Å². The fourth-order valence-corrected chi connectivity index (χ4v) is 2.18. The SMILES string of the molecule is CCC(C)(C)NC1CC(=O)N(c2ccc(F)cc2)C1=O. The lowest BCUT2D eigenvalue weighted by Crippen LogP contribution is -2.49. The van der Waals surface area contributed by atoms with E-state index in [-0.39, 0.29) is 23.8 Å². The fourth-order valence-electron chi connectivity index (χ4n) is 2.18. The van der Waals surface area contributed by atoms with Gasteiger partial charge in [-0.25, -0.2) is 9.29 Å². The van der Waals surface area contributed by atoms with Crippen LogP contribution in [0.4, 0.5) is 10.1 Å². The third-order valence-corrected chi connectivity index (χ3v) is 3.68. The minimum Gasteiger partial charge on any atom is -0.300 e. The molecule has 2 amide bonds. The van der Waals surface area contributed by atoms with Gasteiger partial charge in [0, 0.05) is 5.54 Å². The molecule has 0 spiro atoms. The Balaban J connectivity index is 2.19. The molecular formula is C15H19FN2O2. The lowest BCUT2D eigenvalue weighted by Gasteiger charge is -2.27. The number of carbonyl (C=O) groups excluding carboxylic acids is 2. The van der Waals surface area contributed by atoms with Gasteiger partial charge in [-0.05, 0) is 44.5 Å². The van der Waals surface area contributed by atoms with Crippen molar-refractivity contribution >= 4 is 17.5 Å². The molecule has 1 saturated heterocycles. The van der Waals surface area contributed by atoms with Crippen molar-refractivity contribution in [3.8, 4) is 0 Å². The summed E-state index contributed by atoms with van der Waals surface area (Å²) in [6.07, 6.45) is 0.987. The Morgan fingerprint density at radius 1 is 1.30 bits per heavy atom. The highest BCUT2D eigenvalue weighted by Crippen LogP contribution is 2.24. The molecule has 1 aromatic carbocycles. The Bertz CT molecular complexity index is 525. The van der Waals surface area contributed by atoms with Crippen molar-refractivity contribution in [2.45, 2.75) is 45.2 Å². The summed E-state index contributed by atoms with van der Waals surface area (Å²) in [5.74, 6) is -0.927. The van der Waals surface area contributed by atoms with Crippen LogP contribution in [-0.2, 0) is 9.59 Å². The number of halogens is 1. The van der Waals surface area contributed by atoms with Gasteiger partial charge in [0.05, 0.1) is 18.2 Å². The van der Waals surface area contributed by atoms with Crippen molar-refractivity contribution in [3.63, 3.8) is 0 Å². The third kappa shape index (κ3) is 2.88. The summed E-state index contributed by atoms with van der Waals surface area (Å²) in [5, 5.41) is 3.21. The fraction of sp³-hybridized carbons (Fsp3) is 0.467. The summed E-state index contributed by atoms with van der Waals surface area (Å²) in [7, 11) is 0. The summed E-state index contributed by atoms with van der Waals surface area (Å²) in [5.41, 5.74) is 0.208. The maximum absolute atomic E-state index is 12.9. The zero-order chi connectivity index (χ0) is 14.9. The van der Waals surface area contributed by atoms with Crippen molar-refractivity contribution in [1.82, 2.24) is 5.32 Å². The van der Waals surface area contributed by atoms with E-state index in [9.17, 15) is 14.0 Å². The number of nitrogens with zero attached hydrogens (tertiary/aromatic N) is 1. The van der Waals surface area contributed by atoms with E-state index in [1.165, 1.54) is 24.3 Å². The second-order valence-corrected chi connectivity index (χ2v) is 5.68. The number of carbonyl (C=O) groups is 2. The van der Waals surface area contributed by atoms with Gasteiger partial charge >= 0.3 is 0 Å². The molecule has 20 heavy (non-hydrogen) atoms. The Kier molecular flexibility index (Phi) is 3.90. The second-order valence-electron chi connectivity index (χ2n) is 5.68. The number of hydrogen-bond donors (Lipinski definition) is 1. The number of nitrogens with one attached hydrogen (secondary N) is 1. The van der Waals surface area contributed by atoms with E-state index in [0.29, 0.717) is 5.69 Å². The number of imide groups is 1. The summed E-state index contributed by atoms with van der Waals surface area (Å²) in [6.45, 7) is 6.00. The standard InChI is InChI=1S/C15H19FN2O2/c1-4-15(2,3)17-12-9-13(19)18(14(12)20)11-7-5-10(16)6-8-11/h5-8,12,17H,4,9H2,1-3H3. The highest BCUT2D eigenvalue weighted by atomic mass is 19.1. The van der Waals surface area contributed by atoms with Crippen molar-refractivity contribution < 1.29 is 14.0 Å². The second kappa shape index (κ2) is 5.32. The van der Waals surface area contributed by atoms with E-state index in [4.69, 9.17) is 0 Å². The first-order valence-corrected chi connectivity index (χ1v) is 6.74. The quantitative estimate of drug-likeness (QED) is 0.859. The molecule has 1 aliphatic heterocycles. The van der Waals surface area contributed by atoms with Crippen molar-refractivity contribution in [2.75, 3.05) is 4.90 Å². The molecule has 1 fully saturated rings. The minimum atomic E-state index is -0.512. The molecule has 1 aromatic rings. The number of benzene rings is 1. The Morgan fingerprint density at radius 3 is 2.45 bits per heavy atom. The van der Waals surface area contributed by atoms with Crippen LogP contribution >= 0.6 is 0 Å². The highest BCUT2D eigenvalue weighted by molar-refractivity contribution is 6.22. The van der Waals surface area contributed by atoms with Gasteiger partial charge in [-0.1, -0.05) is 6.92 Å². The van der Waals surface area contributed by atoms with Crippen LogP contribution in [0.15, 0.2) is 24.3 Å². The van der Waals surface area contributed by atoms with Gasteiger partial charge < -0.3 is 5.32 Å². The Morgan fingerprint density at radius 2 is 1.90 bits per heavy atom. The molecule has 1 atom stereocenters. The number of hydrogen-bond acceptors (Lipinski definition) is 3. The van der Waals surface area contributed by atoms with Crippen molar-refractivity contribution in [2.24, 2.45) is 0 Å².